The molecule has 4 heterocycles. The van der Waals surface area contributed by atoms with Gasteiger partial charge in [-0.15, -0.1) is 0 Å². The zero-order valence-corrected chi connectivity index (χ0v) is 19.4. The number of carbonyl (C=O) groups excluding carboxylic acids is 1. The number of nitrogens with zero attached hydrogens (tertiary/aromatic N) is 2. The van der Waals surface area contributed by atoms with Crippen LogP contribution in [0.5, 0.6) is 5.75 Å². The number of likely N-dealkylation sites (tertiary alicyclic amines) is 1. The van der Waals surface area contributed by atoms with Gasteiger partial charge < -0.3 is 18.6 Å². The van der Waals surface area contributed by atoms with E-state index in [1.165, 1.54) is 0 Å². The Hall–Kier alpha value is -3.35. The van der Waals surface area contributed by atoms with E-state index in [1.54, 1.807) is 26.0 Å². The molecule has 0 aliphatic carbocycles. The molecular weight excluding hydrogens is 420 g/mol. The van der Waals surface area contributed by atoms with E-state index in [9.17, 15) is 14.4 Å². The van der Waals surface area contributed by atoms with Gasteiger partial charge in [-0.1, -0.05) is 6.07 Å². The summed E-state index contributed by atoms with van der Waals surface area (Å²) in [5.41, 5.74) is 3.36. The van der Waals surface area contributed by atoms with Gasteiger partial charge in [0.1, 0.15) is 11.3 Å². The Bertz CT molecular complexity index is 1390. The van der Waals surface area contributed by atoms with Crippen LogP contribution in [0, 0.1) is 26.7 Å². The quantitative estimate of drug-likeness (QED) is 0.575. The molecule has 2 aliphatic rings. The first-order valence-electron chi connectivity index (χ1n) is 11.4. The third-order valence-corrected chi connectivity index (χ3v) is 7.10. The summed E-state index contributed by atoms with van der Waals surface area (Å²) < 4.78 is 13.5. The lowest BCUT2D eigenvalue weighted by Gasteiger charge is -2.43. The summed E-state index contributed by atoms with van der Waals surface area (Å²) >= 11 is 0. The molecule has 0 unspecified atom stereocenters. The lowest BCUT2D eigenvalue weighted by Crippen LogP contribution is -2.52. The summed E-state index contributed by atoms with van der Waals surface area (Å²) in [6.45, 7) is 9.10. The molecule has 1 aromatic carbocycles. The zero-order valence-electron chi connectivity index (χ0n) is 19.4. The lowest BCUT2D eigenvalue weighted by atomic mass is 9.83. The molecule has 1 amide bonds. The van der Waals surface area contributed by atoms with Gasteiger partial charge in [0.05, 0.1) is 5.39 Å². The zero-order chi connectivity index (χ0) is 23.4. The smallest absolute Gasteiger partial charge is 0.339 e. The van der Waals surface area contributed by atoms with Crippen molar-refractivity contribution in [2.75, 3.05) is 13.1 Å². The van der Waals surface area contributed by atoms with Gasteiger partial charge in [-0.25, -0.2) is 4.79 Å². The van der Waals surface area contributed by atoms with Crippen LogP contribution < -0.4 is 15.9 Å². The highest BCUT2D eigenvalue weighted by molar-refractivity contribution is 5.89. The fraction of sp³-hybridized carbons (Fsp3) is 0.423. The van der Waals surface area contributed by atoms with Gasteiger partial charge >= 0.3 is 5.63 Å². The molecule has 5 rings (SSSR count). The van der Waals surface area contributed by atoms with E-state index in [0.29, 0.717) is 36.5 Å². The molecule has 0 N–H and O–H groups in total. The maximum absolute atomic E-state index is 13.4. The van der Waals surface area contributed by atoms with Crippen molar-refractivity contribution in [3.8, 4) is 5.75 Å². The molecule has 172 valence electrons. The predicted molar refractivity (Wildman–Crippen MR) is 125 cm³/mol. The Morgan fingerprint density at radius 2 is 1.88 bits per heavy atom. The first kappa shape index (κ1) is 21.5. The average Bonchev–Trinajstić information content (AvgIpc) is 2.77. The molecule has 33 heavy (non-hydrogen) atoms. The molecule has 1 saturated heterocycles. The Kier molecular flexibility index (Phi) is 5.15. The van der Waals surface area contributed by atoms with E-state index in [-0.39, 0.29) is 28.9 Å². The minimum absolute atomic E-state index is 0.0299. The van der Waals surface area contributed by atoms with E-state index >= 15 is 0 Å². The Labute approximate surface area is 191 Å². The van der Waals surface area contributed by atoms with Gasteiger partial charge in [-0.2, -0.15) is 0 Å². The monoisotopic (exact) mass is 448 g/mol. The number of carbonyl (C=O) groups is 1. The predicted octanol–water partition coefficient (Wildman–Crippen LogP) is 3.29. The molecule has 2 aliphatic heterocycles. The molecule has 3 aromatic rings. The molecule has 7 heteroatoms. The van der Waals surface area contributed by atoms with Crippen molar-refractivity contribution in [3.63, 3.8) is 0 Å². The first-order chi connectivity index (χ1) is 15.7. The molecule has 2 bridgehead atoms. The number of hydrogen-bond donors (Lipinski definition) is 0. The van der Waals surface area contributed by atoms with Crippen molar-refractivity contribution in [1.29, 1.82) is 0 Å². The van der Waals surface area contributed by atoms with Crippen molar-refractivity contribution in [2.45, 2.75) is 52.7 Å². The van der Waals surface area contributed by atoms with Gasteiger partial charge in [0.2, 0.25) is 0 Å². The second kappa shape index (κ2) is 7.90. The van der Waals surface area contributed by atoms with E-state index in [4.69, 9.17) is 9.15 Å². The number of piperidine rings is 1. The maximum Gasteiger partial charge on any atom is 0.339 e. The molecule has 1 fully saturated rings. The number of aryl methyl sites for hydroxylation is 2. The molecule has 0 radical (unpaired) electrons. The minimum atomic E-state index is -0.696. The van der Waals surface area contributed by atoms with Crippen LogP contribution >= 0.6 is 0 Å². The van der Waals surface area contributed by atoms with Crippen molar-refractivity contribution in [2.24, 2.45) is 5.92 Å². The Morgan fingerprint density at radius 3 is 2.67 bits per heavy atom. The summed E-state index contributed by atoms with van der Waals surface area (Å²) in [4.78, 5) is 39.7. The van der Waals surface area contributed by atoms with Crippen LogP contribution in [0.25, 0.3) is 11.0 Å². The van der Waals surface area contributed by atoms with Crippen LogP contribution in [-0.4, -0.2) is 34.6 Å². The van der Waals surface area contributed by atoms with Crippen molar-refractivity contribution >= 4 is 16.9 Å². The number of fused-ring (bicyclic) bond motifs is 5. The molecule has 2 aromatic heterocycles. The van der Waals surface area contributed by atoms with Crippen LogP contribution in [0.4, 0.5) is 0 Å². The second-order valence-corrected chi connectivity index (χ2v) is 9.48. The van der Waals surface area contributed by atoms with Crippen molar-refractivity contribution in [1.82, 2.24) is 9.47 Å². The van der Waals surface area contributed by atoms with E-state index in [0.717, 1.165) is 28.6 Å². The fourth-order valence-electron chi connectivity index (χ4n) is 5.36. The van der Waals surface area contributed by atoms with Gasteiger partial charge in [-0.3, -0.25) is 9.59 Å². The highest BCUT2D eigenvalue weighted by atomic mass is 16.5. The molecule has 7 nitrogen and oxygen atoms in total. The fourth-order valence-corrected chi connectivity index (χ4v) is 5.36. The van der Waals surface area contributed by atoms with E-state index in [2.05, 4.69) is 0 Å². The lowest BCUT2D eigenvalue weighted by molar-refractivity contribution is -0.140. The normalized spacial score (nSPS) is 20.4. The van der Waals surface area contributed by atoms with Crippen LogP contribution in [0.15, 0.2) is 44.3 Å². The number of aromatic nitrogens is 1. The molecule has 0 saturated carbocycles. The number of hydrogen-bond acceptors (Lipinski definition) is 5. The SMILES string of the molecule is Cc1cc(O[C@H](C)C(=O)N2C[C@H]3C[C@@H](C2)c2cccc(=O)n2C3)c2c(C)c(C)c(=O)oc2c1. The van der Waals surface area contributed by atoms with E-state index < -0.39 is 6.10 Å². The summed E-state index contributed by atoms with van der Waals surface area (Å²) in [5, 5.41) is 0.723. The van der Waals surface area contributed by atoms with Crippen LogP contribution in [0.2, 0.25) is 0 Å². The minimum Gasteiger partial charge on any atom is -0.480 e. The van der Waals surface area contributed by atoms with Gasteiger partial charge in [0.25, 0.3) is 11.5 Å². The van der Waals surface area contributed by atoms with Crippen molar-refractivity contribution in [3.05, 3.63) is 73.5 Å². The average molecular weight is 449 g/mol. The van der Waals surface area contributed by atoms with Gasteiger partial charge in [-0.05, 0) is 69.4 Å². The van der Waals surface area contributed by atoms with Gasteiger partial charge in [0.15, 0.2) is 6.10 Å². The van der Waals surface area contributed by atoms with Crippen LogP contribution in [-0.2, 0) is 11.3 Å². The maximum atomic E-state index is 13.4. The Morgan fingerprint density at radius 1 is 1.09 bits per heavy atom. The number of amides is 1. The molecule has 3 atom stereocenters. The largest absolute Gasteiger partial charge is 0.480 e. The summed E-state index contributed by atoms with van der Waals surface area (Å²) in [5.74, 6) is 0.884. The second-order valence-electron chi connectivity index (χ2n) is 9.48. The third-order valence-electron chi connectivity index (χ3n) is 7.10. The summed E-state index contributed by atoms with van der Waals surface area (Å²) in [7, 11) is 0. The van der Waals surface area contributed by atoms with E-state index in [1.807, 2.05) is 41.5 Å². The highest BCUT2D eigenvalue weighted by Gasteiger charge is 2.37. The van der Waals surface area contributed by atoms with Crippen LogP contribution in [0.1, 0.15) is 41.6 Å². The summed E-state index contributed by atoms with van der Waals surface area (Å²) in [6, 6.07) is 9.09. The first-order valence-corrected chi connectivity index (χ1v) is 11.4. The standard InChI is InChI=1S/C26H28N2O5/c1-14-8-21(24-15(2)16(3)26(31)33-22(24)9-14)32-17(4)25(30)27-11-18-10-19(13-27)20-6-5-7-23(29)28(20)12-18/h5-9,17-19H,10-13H2,1-4H3/t17-,18-,19+/m1/s1. The molecular formula is C26H28N2O5. The highest BCUT2D eigenvalue weighted by Crippen LogP contribution is 2.36. The number of pyridine rings is 1. The van der Waals surface area contributed by atoms with Gasteiger partial charge in [0, 0.05) is 42.9 Å². The Balaban J connectivity index is 1.42. The topological polar surface area (TPSA) is 81.8 Å². The number of ether oxygens (including phenoxy) is 1. The number of benzene rings is 1. The third kappa shape index (κ3) is 3.65. The number of rotatable bonds is 3. The molecule has 0 spiro atoms. The van der Waals surface area contributed by atoms with Crippen molar-refractivity contribution < 1.29 is 13.9 Å². The summed E-state index contributed by atoms with van der Waals surface area (Å²) in [6.07, 6.45) is 0.293. The van der Waals surface area contributed by atoms with Crippen LogP contribution in [0.3, 0.4) is 0 Å².